The molecule has 0 spiro atoms. The number of benzene rings is 1. The maximum Gasteiger partial charge on any atom is 0.416 e. The van der Waals surface area contributed by atoms with Crippen molar-refractivity contribution in [2.45, 2.75) is 18.9 Å². The van der Waals surface area contributed by atoms with Crippen molar-refractivity contribution in [1.82, 2.24) is 19.9 Å². The summed E-state index contributed by atoms with van der Waals surface area (Å²) >= 11 is 0. The highest BCUT2D eigenvalue weighted by Gasteiger charge is 2.30. The summed E-state index contributed by atoms with van der Waals surface area (Å²) in [4.78, 5) is 4.21. The molecule has 0 unspecified atom stereocenters. The molecule has 0 fully saturated rings. The lowest BCUT2D eigenvalue weighted by Gasteiger charge is -2.10. The lowest BCUT2D eigenvalue weighted by molar-refractivity contribution is -0.137. The Labute approximate surface area is 183 Å². The summed E-state index contributed by atoms with van der Waals surface area (Å²) in [7, 11) is -3.71. The molecule has 3 aromatic rings. The first-order chi connectivity index (χ1) is 15.1. The van der Waals surface area contributed by atoms with Crippen LogP contribution in [0.4, 0.5) is 30.6 Å². The van der Waals surface area contributed by atoms with E-state index in [1.165, 1.54) is 0 Å². The van der Waals surface area contributed by atoms with Gasteiger partial charge in [0, 0.05) is 19.3 Å². The highest BCUT2D eigenvalue weighted by atomic mass is 32.2. The third kappa shape index (κ3) is 7.17. The fraction of sp³-hybridized carbons (Fsp3) is 0.250. The van der Waals surface area contributed by atoms with Crippen molar-refractivity contribution >= 4 is 27.5 Å². The number of halogens is 3. The van der Waals surface area contributed by atoms with Crippen molar-refractivity contribution in [3.05, 3.63) is 71.4 Å². The summed E-state index contributed by atoms with van der Waals surface area (Å²) in [5, 5.41) is 14.0. The first-order valence-corrected chi connectivity index (χ1v) is 11.2. The highest BCUT2D eigenvalue weighted by Crippen LogP contribution is 2.29. The number of sulfonamides is 1. The van der Waals surface area contributed by atoms with E-state index in [1.54, 1.807) is 18.3 Å². The van der Waals surface area contributed by atoms with Gasteiger partial charge < -0.3 is 10.6 Å². The molecule has 0 saturated heterocycles. The first kappa shape index (κ1) is 23.4. The van der Waals surface area contributed by atoms with E-state index in [2.05, 4.69) is 30.5 Å². The summed E-state index contributed by atoms with van der Waals surface area (Å²) in [5.41, 5.74) is 0.472. The van der Waals surface area contributed by atoms with Gasteiger partial charge in [0.2, 0.25) is 10.0 Å². The maximum atomic E-state index is 12.6. The van der Waals surface area contributed by atoms with Crippen LogP contribution >= 0.6 is 0 Å². The van der Waals surface area contributed by atoms with Crippen LogP contribution in [0.5, 0.6) is 0 Å². The molecule has 2 heterocycles. The predicted molar refractivity (Wildman–Crippen MR) is 115 cm³/mol. The van der Waals surface area contributed by atoms with Gasteiger partial charge >= 0.3 is 6.18 Å². The summed E-state index contributed by atoms with van der Waals surface area (Å²) in [6, 6.07) is 11.1. The Morgan fingerprint density at radius 1 is 0.875 bits per heavy atom. The minimum absolute atomic E-state index is 0.0674. The molecule has 8 nitrogen and oxygen atoms in total. The van der Waals surface area contributed by atoms with E-state index in [1.807, 2.05) is 19.1 Å². The molecule has 12 heteroatoms. The topological polar surface area (TPSA) is 109 Å². The maximum absolute atomic E-state index is 12.6. The van der Waals surface area contributed by atoms with E-state index in [9.17, 15) is 21.6 Å². The third-order valence-electron chi connectivity index (χ3n) is 4.22. The molecule has 0 atom stereocenters. The standard InChI is InChI=1S/C20H21F3N6O2S/c1-14-2-7-17(25-12-14)27-19-9-8-18(28-29-19)24-10-11-26-32(30,31)13-15-3-5-16(6-4-15)20(21,22)23/h2-9,12,26H,10-11,13H2,1H3,(H,24,28)(H,25,27,29). The normalized spacial score (nSPS) is 11.9. The van der Waals surface area contributed by atoms with Crippen LogP contribution in [0.25, 0.3) is 0 Å². The molecule has 0 amide bonds. The van der Waals surface area contributed by atoms with E-state index in [0.29, 0.717) is 17.5 Å². The monoisotopic (exact) mass is 466 g/mol. The second kappa shape index (κ2) is 9.92. The Balaban J connectivity index is 1.43. The number of hydrogen-bond donors (Lipinski definition) is 3. The van der Waals surface area contributed by atoms with Crippen LogP contribution in [0.1, 0.15) is 16.7 Å². The van der Waals surface area contributed by atoms with Gasteiger partial charge in [-0.25, -0.2) is 18.1 Å². The molecule has 0 aliphatic heterocycles. The lowest BCUT2D eigenvalue weighted by Crippen LogP contribution is -2.30. The fourth-order valence-electron chi connectivity index (χ4n) is 2.62. The number of hydrogen-bond acceptors (Lipinski definition) is 7. The molecule has 1 aromatic carbocycles. The third-order valence-corrected chi connectivity index (χ3v) is 5.58. The van der Waals surface area contributed by atoms with Gasteiger partial charge in [-0.05, 0) is 48.4 Å². The predicted octanol–water partition coefficient (Wildman–Crippen LogP) is 3.47. The van der Waals surface area contributed by atoms with Gasteiger partial charge in [0.05, 0.1) is 11.3 Å². The van der Waals surface area contributed by atoms with E-state index in [4.69, 9.17) is 0 Å². The van der Waals surface area contributed by atoms with Crippen LogP contribution in [0.15, 0.2) is 54.7 Å². The zero-order valence-electron chi connectivity index (χ0n) is 17.0. The first-order valence-electron chi connectivity index (χ1n) is 9.51. The van der Waals surface area contributed by atoms with Crippen LogP contribution in [0.2, 0.25) is 0 Å². The van der Waals surface area contributed by atoms with Crippen molar-refractivity contribution in [3.63, 3.8) is 0 Å². The van der Waals surface area contributed by atoms with Gasteiger partial charge in [0.1, 0.15) is 11.6 Å². The van der Waals surface area contributed by atoms with Crippen LogP contribution in [-0.4, -0.2) is 36.7 Å². The lowest BCUT2D eigenvalue weighted by atomic mass is 10.1. The summed E-state index contributed by atoms with van der Waals surface area (Å²) in [6.07, 6.45) is -2.74. The molecule has 0 radical (unpaired) electrons. The average Bonchev–Trinajstić information content (AvgIpc) is 2.73. The highest BCUT2D eigenvalue weighted by molar-refractivity contribution is 7.88. The molecular formula is C20H21F3N6O2S. The van der Waals surface area contributed by atoms with Crippen LogP contribution < -0.4 is 15.4 Å². The number of rotatable bonds is 9. The van der Waals surface area contributed by atoms with Crippen LogP contribution in [0.3, 0.4) is 0 Å². The fourth-order valence-corrected chi connectivity index (χ4v) is 3.77. The van der Waals surface area contributed by atoms with Gasteiger partial charge in [-0.2, -0.15) is 13.2 Å². The molecule has 0 saturated carbocycles. The zero-order chi connectivity index (χ0) is 23.2. The van der Waals surface area contributed by atoms with Gasteiger partial charge in [-0.1, -0.05) is 18.2 Å². The Bertz CT molecular complexity index is 1120. The second-order valence-electron chi connectivity index (χ2n) is 6.92. The number of alkyl halides is 3. The summed E-state index contributed by atoms with van der Waals surface area (Å²) in [5.74, 6) is 1.17. The molecule has 0 aliphatic carbocycles. The molecule has 0 bridgehead atoms. The van der Waals surface area contributed by atoms with Crippen molar-refractivity contribution in [3.8, 4) is 0 Å². The van der Waals surface area contributed by atoms with Crippen molar-refractivity contribution in [2.24, 2.45) is 0 Å². The van der Waals surface area contributed by atoms with Crippen molar-refractivity contribution < 1.29 is 21.6 Å². The second-order valence-corrected chi connectivity index (χ2v) is 8.73. The van der Waals surface area contributed by atoms with E-state index in [-0.39, 0.29) is 18.7 Å². The number of pyridine rings is 1. The molecule has 170 valence electrons. The van der Waals surface area contributed by atoms with E-state index < -0.39 is 27.5 Å². The molecule has 3 rings (SSSR count). The summed E-state index contributed by atoms with van der Waals surface area (Å²) in [6.45, 7) is 2.25. The van der Waals surface area contributed by atoms with Gasteiger partial charge in [0.25, 0.3) is 0 Å². The Morgan fingerprint density at radius 3 is 2.12 bits per heavy atom. The largest absolute Gasteiger partial charge is 0.416 e. The van der Waals surface area contributed by atoms with E-state index in [0.717, 1.165) is 29.8 Å². The van der Waals surface area contributed by atoms with Gasteiger partial charge in [-0.15, -0.1) is 10.2 Å². The number of nitrogens with one attached hydrogen (secondary N) is 3. The van der Waals surface area contributed by atoms with Crippen molar-refractivity contribution in [1.29, 1.82) is 0 Å². The van der Waals surface area contributed by atoms with Gasteiger partial charge in [-0.3, -0.25) is 0 Å². The van der Waals surface area contributed by atoms with Gasteiger partial charge in [0.15, 0.2) is 5.82 Å². The number of aryl methyl sites for hydroxylation is 1. The van der Waals surface area contributed by atoms with E-state index >= 15 is 0 Å². The Hall–Kier alpha value is -3.25. The van der Waals surface area contributed by atoms with Crippen molar-refractivity contribution in [2.75, 3.05) is 23.7 Å². The zero-order valence-corrected chi connectivity index (χ0v) is 17.8. The van der Waals surface area contributed by atoms with Crippen LogP contribution in [0, 0.1) is 6.92 Å². The average molecular weight is 466 g/mol. The van der Waals surface area contributed by atoms with Crippen LogP contribution in [-0.2, 0) is 22.0 Å². The smallest absolute Gasteiger partial charge is 0.367 e. The molecule has 0 aliphatic rings. The molecule has 3 N–H and O–H groups in total. The molecule has 32 heavy (non-hydrogen) atoms. The Kier molecular flexibility index (Phi) is 7.26. The molecular weight excluding hydrogens is 445 g/mol. The Morgan fingerprint density at radius 2 is 1.53 bits per heavy atom. The minimum Gasteiger partial charge on any atom is -0.367 e. The number of aromatic nitrogens is 3. The number of anilines is 3. The molecule has 2 aromatic heterocycles. The number of nitrogens with zero attached hydrogens (tertiary/aromatic N) is 3. The minimum atomic E-state index is -4.46. The summed E-state index contributed by atoms with van der Waals surface area (Å²) < 4.78 is 64.4. The SMILES string of the molecule is Cc1ccc(Nc2ccc(NCCNS(=O)(=O)Cc3ccc(C(F)(F)F)cc3)nn2)nc1. The quantitative estimate of drug-likeness (QED) is 0.414.